The number of nitrogens with one attached hydrogen (secondary N) is 1. The lowest BCUT2D eigenvalue weighted by molar-refractivity contribution is -0.119. The molecule has 0 saturated heterocycles. The number of imide groups is 1. The Kier molecular flexibility index (Phi) is 5.56. The highest BCUT2D eigenvalue weighted by Gasteiger charge is 2.20. The lowest BCUT2D eigenvalue weighted by atomic mass is 10.2. The highest BCUT2D eigenvalue weighted by molar-refractivity contribution is 9.10. The SMILES string of the molecule is COC(=O)NC(=O)[C@@H](C)Sc1nnc(-c2ccc(Br)cc2)o1. The average Bonchev–Trinajstić information content (AvgIpc) is 2.96. The van der Waals surface area contributed by atoms with Crippen molar-refractivity contribution in [1.29, 1.82) is 0 Å². The zero-order valence-corrected chi connectivity index (χ0v) is 14.1. The molecule has 7 nitrogen and oxygen atoms in total. The van der Waals surface area contributed by atoms with Gasteiger partial charge in [-0.15, -0.1) is 10.2 Å². The predicted molar refractivity (Wildman–Crippen MR) is 83.3 cm³/mol. The number of hydrogen-bond donors (Lipinski definition) is 1. The molecular weight excluding hydrogens is 374 g/mol. The summed E-state index contributed by atoms with van der Waals surface area (Å²) < 4.78 is 10.8. The van der Waals surface area contributed by atoms with Gasteiger partial charge in [-0.1, -0.05) is 27.7 Å². The van der Waals surface area contributed by atoms with E-state index in [1.807, 2.05) is 24.3 Å². The van der Waals surface area contributed by atoms with Crippen LogP contribution in [0.4, 0.5) is 4.79 Å². The maximum absolute atomic E-state index is 11.7. The Morgan fingerprint density at radius 1 is 1.32 bits per heavy atom. The summed E-state index contributed by atoms with van der Waals surface area (Å²) in [5.74, 6) is -0.143. The van der Waals surface area contributed by atoms with Crippen LogP contribution in [-0.2, 0) is 9.53 Å². The summed E-state index contributed by atoms with van der Waals surface area (Å²) in [5, 5.41) is 9.54. The number of amides is 2. The Morgan fingerprint density at radius 2 is 2.00 bits per heavy atom. The Balaban J connectivity index is 2.01. The van der Waals surface area contributed by atoms with Crippen LogP contribution in [-0.4, -0.2) is 34.6 Å². The van der Waals surface area contributed by atoms with Gasteiger partial charge in [-0.3, -0.25) is 10.1 Å². The van der Waals surface area contributed by atoms with Crippen molar-refractivity contribution in [3.8, 4) is 11.5 Å². The third kappa shape index (κ3) is 4.31. The Labute approximate surface area is 138 Å². The second-order valence-corrected chi connectivity index (χ2v) is 6.33. The lowest BCUT2D eigenvalue weighted by Gasteiger charge is -2.07. The van der Waals surface area contributed by atoms with Crippen LogP contribution in [0.5, 0.6) is 0 Å². The van der Waals surface area contributed by atoms with Crippen molar-refractivity contribution in [1.82, 2.24) is 15.5 Å². The molecule has 1 atom stereocenters. The van der Waals surface area contributed by atoms with E-state index in [-0.39, 0.29) is 5.22 Å². The molecule has 0 aliphatic rings. The first-order valence-corrected chi connectivity index (χ1v) is 7.81. The van der Waals surface area contributed by atoms with E-state index in [2.05, 4.69) is 36.2 Å². The van der Waals surface area contributed by atoms with Crippen molar-refractivity contribution in [3.63, 3.8) is 0 Å². The number of methoxy groups -OCH3 is 1. The molecule has 1 N–H and O–H groups in total. The molecule has 2 aromatic rings. The van der Waals surface area contributed by atoms with Crippen LogP contribution in [0.25, 0.3) is 11.5 Å². The Hall–Kier alpha value is -1.87. The molecule has 2 rings (SSSR count). The first-order valence-electron chi connectivity index (χ1n) is 6.14. The van der Waals surface area contributed by atoms with Gasteiger partial charge in [0.2, 0.25) is 11.8 Å². The van der Waals surface area contributed by atoms with Crippen LogP contribution in [0.2, 0.25) is 0 Å². The number of carbonyl (C=O) groups is 2. The Bertz CT molecular complexity index is 674. The second kappa shape index (κ2) is 7.41. The number of rotatable bonds is 4. The molecular formula is C13H12BrN3O4S. The van der Waals surface area contributed by atoms with Crippen LogP contribution in [0.15, 0.2) is 38.4 Å². The van der Waals surface area contributed by atoms with Crippen molar-refractivity contribution in [2.75, 3.05) is 7.11 Å². The first-order chi connectivity index (χ1) is 10.5. The minimum Gasteiger partial charge on any atom is -0.453 e. The highest BCUT2D eigenvalue weighted by Crippen LogP contribution is 2.26. The number of ether oxygens (including phenoxy) is 1. The maximum atomic E-state index is 11.7. The van der Waals surface area contributed by atoms with Gasteiger partial charge in [-0.05, 0) is 31.2 Å². The van der Waals surface area contributed by atoms with Gasteiger partial charge in [0.15, 0.2) is 0 Å². The molecule has 116 valence electrons. The summed E-state index contributed by atoms with van der Waals surface area (Å²) in [6, 6.07) is 7.39. The summed E-state index contributed by atoms with van der Waals surface area (Å²) in [6.45, 7) is 1.62. The number of hydrogen-bond acceptors (Lipinski definition) is 7. The molecule has 0 spiro atoms. The summed E-state index contributed by atoms with van der Waals surface area (Å²) in [6.07, 6.45) is -0.807. The Morgan fingerprint density at radius 3 is 2.64 bits per heavy atom. The molecule has 1 heterocycles. The van der Waals surface area contributed by atoms with E-state index in [1.165, 1.54) is 7.11 Å². The largest absolute Gasteiger partial charge is 0.453 e. The van der Waals surface area contributed by atoms with E-state index in [0.29, 0.717) is 5.89 Å². The van der Waals surface area contributed by atoms with Gasteiger partial charge in [-0.2, -0.15) is 0 Å². The number of alkyl carbamates (subject to hydrolysis) is 1. The van der Waals surface area contributed by atoms with E-state index < -0.39 is 17.3 Å². The molecule has 2 amide bonds. The summed E-state index contributed by atoms with van der Waals surface area (Å²) in [4.78, 5) is 22.7. The third-order valence-electron chi connectivity index (χ3n) is 2.56. The van der Waals surface area contributed by atoms with E-state index >= 15 is 0 Å². The number of aromatic nitrogens is 2. The normalized spacial score (nSPS) is 11.8. The average molecular weight is 386 g/mol. The maximum Gasteiger partial charge on any atom is 0.413 e. The number of halogens is 1. The zero-order chi connectivity index (χ0) is 16.1. The van der Waals surface area contributed by atoms with E-state index in [4.69, 9.17) is 4.42 Å². The topological polar surface area (TPSA) is 94.3 Å². The summed E-state index contributed by atoms with van der Waals surface area (Å²) in [5.41, 5.74) is 0.772. The highest BCUT2D eigenvalue weighted by atomic mass is 79.9. The van der Waals surface area contributed by atoms with Crippen LogP contribution in [0.3, 0.4) is 0 Å². The summed E-state index contributed by atoms with van der Waals surface area (Å²) in [7, 11) is 1.18. The molecule has 0 saturated carbocycles. The molecule has 1 aromatic carbocycles. The fourth-order valence-corrected chi connectivity index (χ4v) is 2.37. The second-order valence-electron chi connectivity index (χ2n) is 4.12. The number of carbonyl (C=O) groups excluding carboxylic acids is 2. The first kappa shape index (κ1) is 16.5. The number of thioether (sulfide) groups is 1. The molecule has 0 aliphatic heterocycles. The number of nitrogens with zero attached hydrogens (tertiary/aromatic N) is 2. The molecule has 0 fully saturated rings. The smallest absolute Gasteiger partial charge is 0.413 e. The van der Waals surface area contributed by atoms with Gasteiger partial charge in [-0.25, -0.2) is 4.79 Å². The van der Waals surface area contributed by atoms with Gasteiger partial charge in [0.1, 0.15) is 0 Å². The molecule has 0 aliphatic carbocycles. The molecule has 0 radical (unpaired) electrons. The van der Waals surface area contributed by atoms with Crippen molar-refractivity contribution in [2.24, 2.45) is 0 Å². The van der Waals surface area contributed by atoms with Gasteiger partial charge in [0.25, 0.3) is 5.22 Å². The van der Waals surface area contributed by atoms with Gasteiger partial charge >= 0.3 is 6.09 Å². The number of benzene rings is 1. The van der Waals surface area contributed by atoms with Gasteiger partial charge in [0, 0.05) is 10.0 Å². The van der Waals surface area contributed by atoms with Crippen LogP contribution >= 0.6 is 27.7 Å². The standard InChI is InChI=1S/C13H12BrN3O4S/c1-7(10(18)15-12(19)20-2)22-13-17-16-11(21-13)8-3-5-9(14)6-4-8/h3-7H,1-2H3,(H,15,18,19)/t7-/m1/s1. The monoisotopic (exact) mass is 385 g/mol. The van der Waals surface area contributed by atoms with Gasteiger partial charge in [0.05, 0.1) is 12.4 Å². The van der Waals surface area contributed by atoms with Crippen LogP contribution in [0.1, 0.15) is 6.92 Å². The molecule has 1 aromatic heterocycles. The van der Waals surface area contributed by atoms with Crippen molar-refractivity contribution < 1.29 is 18.7 Å². The molecule has 0 unspecified atom stereocenters. The fraction of sp³-hybridized carbons (Fsp3) is 0.231. The molecule has 9 heteroatoms. The fourth-order valence-electron chi connectivity index (χ4n) is 1.42. The van der Waals surface area contributed by atoms with Gasteiger partial charge < -0.3 is 9.15 Å². The van der Waals surface area contributed by atoms with Crippen molar-refractivity contribution >= 4 is 39.7 Å². The zero-order valence-electron chi connectivity index (χ0n) is 11.7. The minimum atomic E-state index is -0.807. The van der Waals surface area contributed by atoms with Crippen molar-refractivity contribution in [3.05, 3.63) is 28.7 Å². The van der Waals surface area contributed by atoms with Crippen LogP contribution < -0.4 is 5.32 Å². The molecule has 22 heavy (non-hydrogen) atoms. The van der Waals surface area contributed by atoms with E-state index in [9.17, 15) is 9.59 Å². The van der Waals surface area contributed by atoms with Crippen molar-refractivity contribution in [2.45, 2.75) is 17.4 Å². The minimum absolute atomic E-state index is 0.241. The summed E-state index contributed by atoms with van der Waals surface area (Å²) >= 11 is 4.40. The lowest BCUT2D eigenvalue weighted by Crippen LogP contribution is -2.35. The van der Waals surface area contributed by atoms with Crippen LogP contribution in [0, 0.1) is 0 Å². The third-order valence-corrected chi connectivity index (χ3v) is 4.02. The quantitative estimate of drug-likeness (QED) is 0.808. The van der Waals surface area contributed by atoms with E-state index in [0.717, 1.165) is 21.8 Å². The molecule has 0 bridgehead atoms. The predicted octanol–water partition coefficient (Wildman–Crippen LogP) is 2.86. The van der Waals surface area contributed by atoms with E-state index in [1.54, 1.807) is 6.92 Å².